The molecule has 2 rings (SSSR count). The van der Waals surface area contributed by atoms with Crippen molar-refractivity contribution in [3.63, 3.8) is 0 Å². The molecule has 0 spiro atoms. The van der Waals surface area contributed by atoms with Crippen LogP contribution in [0.2, 0.25) is 0 Å². The van der Waals surface area contributed by atoms with Gasteiger partial charge in [0.15, 0.2) is 0 Å². The Morgan fingerprint density at radius 1 is 1.77 bits per heavy atom. The second-order valence-corrected chi connectivity index (χ2v) is 4.54. The highest BCUT2D eigenvalue weighted by Crippen LogP contribution is 2.28. The van der Waals surface area contributed by atoms with Gasteiger partial charge in [0.1, 0.15) is 0 Å². The molecule has 0 bridgehead atoms. The number of nitrogens with zero attached hydrogens (tertiary/aromatic N) is 1. The van der Waals surface area contributed by atoms with Crippen LogP contribution in [0.5, 0.6) is 0 Å². The third kappa shape index (κ3) is 2.16. The van der Waals surface area contributed by atoms with Gasteiger partial charge in [-0.3, -0.25) is 4.90 Å². The van der Waals surface area contributed by atoms with Gasteiger partial charge in [0.25, 0.3) is 0 Å². The predicted octanol–water partition coefficient (Wildman–Crippen LogP) is 1.42. The second kappa shape index (κ2) is 4.31. The molecule has 0 saturated carbocycles. The van der Waals surface area contributed by atoms with Crippen molar-refractivity contribution in [2.45, 2.75) is 12.5 Å². The zero-order valence-corrected chi connectivity index (χ0v) is 8.65. The van der Waals surface area contributed by atoms with Gasteiger partial charge in [-0.1, -0.05) is 12.2 Å². The van der Waals surface area contributed by atoms with Gasteiger partial charge in [-0.15, -0.1) is 18.3 Å². The van der Waals surface area contributed by atoms with E-state index in [-0.39, 0.29) is 0 Å². The zero-order valence-electron chi connectivity index (χ0n) is 7.83. The maximum absolute atomic E-state index is 3.77. The van der Waals surface area contributed by atoms with Crippen molar-refractivity contribution in [1.29, 1.82) is 0 Å². The minimum Gasteiger partial charge on any atom is -0.300 e. The molecule has 13 heavy (non-hydrogen) atoms. The van der Waals surface area contributed by atoms with Gasteiger partial charge < -0.3 is 5.32 Å². The molecule has 3 heteroatoms. The SMILES string of the molecule is C=CCN1CC=C2SCNC2CC1. The van der Waals surface area contributed by atoms with Gasteiger partial charge in [-0.25, -0.2) is 0 Å². The Kier molecular flexibility index (Phi) is 3.09. The molecule has 0 aromatic heterocycles. The van der Waals surface area contributed by atoms with E-state index in [2.05, 4.69) is 22.9 Å². The lowest BCUT2D eigenvalue weighted by molar-refractivity contribution is 0.328. The van der Waals surface area contributed by atoms with E-state index in [1.165, 1.54) is 13.0 Å². The van der Waals surface area contributed by atoms with Crippen molar-refractivity contribution in [2.24, 2.45) is 0 Å². The largest absolute Gasteiger partial charge is 0.300 e. The summed E-state index contributed by atoms with van der Waals surface area (Å²) in [6, 6.07) is 0.639. The van der Waals surface area contributed by atoms with E-state index in [1.807, 2.05) is 17.8 Å². The van der Waals surface area contributed by atoms with E-state index in [9.17, 15) is 0 Å². The Hall–Kier alpha value is -0.250. The number of thioether (sulfide) groups is 1. The van der Waals surface area contributed by atoms with E-state index in [0.717, 1.165) is 19.0 Å². The molecule has 2 heterocycles. The van der Waals surface area contributed by atoms with Crippen molar-refractivity contribution >= 4 is 11.8 Å². The third-order valence-corrected chi connectivity index (χ3v) is 3.68. The van der Waals surface area contributed by atoms with Crippen LogP contribution >= 0.6 is 11.8 Å². The summed E-state index contributed by atoms with van der Waals surface area (Å²) >= 11 is 1.96. The first-order valence-electron chi connectivity index (χ1n) is 4.79. The van der Waals surface area contributed by atoms with Crippen LogP contribution in [0.25, 0.3) is 0 Å². The Labute approximate surface area is 84.1 Å². The smallest absolute Gasteiger partial charge is 0.0468 e. The first-order chi connectivity index (χ1) is 6.40. The Balaban J connectivity index is 1.97. The molecule has 0 aromatic carbocycles. The van der Waals surface area contributed by atoms with E-state index < -0.39 is 0 Å². The lowest BCUT2D eigenvalue weighted by Crippen LogP contribution is -2.28. The van der Waals surface area contributed by atoms with Crippen molar-refractivity contribution in [3.05, 3.63) is 23.6 Å². The quantitative estimate of drug-likeness (QED) is 0.673. The number of nitrogens with one attached hydrogen (secondary N) is 1. The minimum atomic E-state index is 0.639. The summed E-state index contributed by atoms with van der Waals surface area (Å²) in [5, 5.41) is 3.50. The molecule has 0 aliphatic carbocycles. The predicted molar refractivity (Wildman–Crippen MR) is 58.7 cm³/mol. The highest BCUT2D eigenvalue weighted by molar-refractivity contribution is 8.03. The fourth-order valence-corrected chi connectivity index (χ4v) is 2.89. The average molecular weight is 196 g/mol. The molecular weight excluding hydrogens is 180 g/mol. The zero-order chi connectivity index (χ0) is 9.10. The topological polar surface area (TPSA) is 15.3 Å². The molecule has 1 unspecified atom stereocenters. The number of hydrogen-bond acceptors (Lipinski definition) is 3. The monoisotopic (exact) mass is 196 g/mol. The van der Waals surface area contributed by atoms with Crippen molar-refractivity contribution in [2.75, 3.05) is 25.5 Å². The van der Waals surface area contributed by atoms with Crippen LogP contribution in [0.1, 0.15) is 6.42 Å². The second-order valence-electron chi connectivity index (χ2n) is 3.49. The van der Waals surface area contributed by atoms with E-state index in [1.54, 1.807) is 4.91 Å². The van der Waals surface area contributed by atoms with Crippen molar-refractivity contribution in [1.82, 2.24) is 10.2 Å². The van der Waals surface area contributed by atoms with Crippen LogP contribution in [0, 0.1) is 0 Å². The fourth-order valence-electron chi connectivity index (χ4n) is 1.84. The Morgan fingerprint density at radius 3 is 3.54 bits per heavy atom. The summed E-state index contributed by atoms with van der Waals surface area (Å²) in [6.45, 7) is 7.06. The van der Waals surface area contributed by atoms with Crippen LogP contribution in [0.15, 0.2) is 23.6 Å². The Bertz CT molecular complexity index is 225. The van der Waals surface area contributed by atoms with Gasteiger partial charge in [0.05, 0.1) is 0 Å². The first-order valence-corrected chi connectivity index (χ1v) is 5.78. The first kappa shape index (κ1) is 9.31. The molecule has 2 aliphatic rings. The van der Waals surface area contributed by atoms with Crippen LogP contribution < -0.4 is 5.32 Å². The Morgan fingerprint density at radius 2 is 2.69 bits per heavy atom. The maximum atomic E-state index is 3.77. The lowest BCUT2D eigenvalue weighted by Gasteiger charge is -2.17. The van der Waals surface area contributed by atoms with Crippen molar-refractivity contribution in [3.8, 4) is 0 Å². The normalized spacial score (nSPS) is 29.2. The van der Waals surface area contributed by atoms with Gasteiger partial charge in [0, 0.05) is 36.5 Å². The van der Waals surface area contributed by atoms with Gasteiger partial charge in [-0.2, -0.15) is 0 Å². The van der Waals surface area contributed by atoms with E-state index >= 15 is 0 Å². The van der Waals surface area contributed by atoms with Crippen LogP contribution in [-0.2, 0) is 0 Å². The number of hydrogen-bond donors (Lipinski definition) is 1. The fraction of sp³-hybridized carbons (Fsp3) is 0.600. The molecule has 1 atom stereocenters. The molecule has 1 saturated heterocycles. The molecule has 2 aliphatic heterocycles. The molecule has 1 fully saturated rings. The molecule has 72 valence electrons. The third-order valence-electron chi connectivity index (χ3n) is 2.58. The highest BCUT2D eigenvalue weighted by Gasteiger charge is 2.23. The summed E-state index contributed by atoms with van der Waals surface area (Å²) in [5.41, 5.74) is 0. The average Bonchev–Trinajstić information content (AvgIpc) is 2.50. The number of fused-ring (bicyclic) bond motifs is 1. The maximum Gasteiger partial charge on any atom is 0.0468 e. The van der Waals surface area contributed by atoms with E-state index in [4.69, 9.17) is 0 Å². The van der Waals surface area contributed by atoms with Crippen LogP contribution in [-0.4, -0.2) is 36.5 Å². The summed E-state index contributed by atoms with van der Waals surface area (Å²) in [7, 11) is 0. The van der Waals surface area contributed by atoms with Crippen LogP contribution in [0.3, 0.4) is 0 Å². The molecule has 0 aromatic rings. The molecule has 0 amide bonds. The summed E-state index contributed by atoms with van der Waals surface area (Å²) in [4.78, 5) is 3.98. The number of rotatable bonds is 2. The molecule has 0 radical (unpaired) electrons. The molecule has 1 N–H and O–H groups in total. The van der Waals surface area contributed by atoms with Crippen LogP contribution in [0.4, 0.5) is 0 Å². The molecular formula is C10H16N2S. The summed E-state index contributed by atoms with van der Waals surface area (Å²) in [5.74, 6) is 1.10. The summed E-state index contributed by atoms with van der Waals surface area (Å²) in [6.07, 6.45) is 5.60. The van der Waals surface area contributed by atoms with Gasteiger partial charge in [0.2, 0.25) is 0 Å². The van der Waals surface area contributed by atoms with Gasteiger partial charge in [-0.05, 0) is 6.42 Å². The summed E-state index contributed by atoms with van der Waals surface area (Å²) < 4.78 is 0. The standard InChI is InChI=1S/C10H16N2S/c1-2-5-12-6-3-9-10(4-7-12)13-8-11-9/h2,4,9,11H,1,3,5-8H2. The van der Waals surface area contributed by atoms with E-state index in [0.29, 0.717) is 6.04 Å². The molecule has 2 nitrogen and oxygen atoms in total. The minimum absolute atomic E-state index is 0.639. The van der Waals surface area contributed by atoms with Crippen molar-refractivity contribution < 1.29 is 0 Å². The highest BCUT2D eigenvalue weighted by atomic mass is 32.2. The van der Waals surface area contributed by atoms with Gasteiger partial charge >= 0.3 is 0 Å². The lowest BCUT2D eigenvalue weighted by atomic mass is 10.2.